The Labute approximate surface area is 167 Å². The van der Waals surface area contributed by atoms with Crippen LogP contribution in [0.3, 0.4) is 0 Å². The van der Waals surface area contributed by atoms with Crippen LogP contribution >= 0.6 is 0 Å². The summed E-state index contributed by atoms with van der Waals surface area (Å²) in [6.07, 6.45) is 6.52. The molecule has 2 rings (SSSR count). The van der Waals surface area contributed by atoms with Crippen molar-refractivity contribution in [1.82, 2.24) is 5.32 Å². The molecule has 1 N–H and O–H groups in total. The molecule has 1 fully saturated rings. The lowest BCUT2D eigenvalue weighted by atomic mass is 9.86. The maximum atomic E-state index is 12.3. The molecule has 0 unspecified atom stereocenters. The number of rotatable bonds is 8. The molecule has 0 heterocycles. The van der Waals surface area contributed by atoms with Crippen LogP contribution in [0.25, 0.3) is 6.08 Å². The molecule has 6 nitrogen and oxygen atoms in total. The molecular formula is C22H31NO5. The number of nitrogens with one attached hydrogen (secondary N) is 1. The van der Waals surface area contributed by atoms with Crippen molar-refractivity contribution in [2.24, 2.45) is 5.92 Å². The number of benzene rings is 1. The van der Waals surface area contributed by atoms with Crippen molar-refractivity contribution in [2.45, 2.75) is 58.6 Å². The van der Waals surface area contributed by atoms with Crippen LogP contribution in [-0.2, 0) is 14.3 Å². The first-order valence-corrected chi connectivity index (χ1v) is 9.94. The Bertz CT molecular complexity index is 700. The maximum absolute atomic E-state index is 12.3. The molecule has 6 heteroatoms. The van der Waals surface area contributed by atoms with Gasteiger partial charge in [0.15, 0.2) is 17.6 Å². The Hall–Kier alpha value is -2.50. The maximum Gasteiger partial charge on any atom is 0.331 e. The van der Waals surface area contributed by atoms with E-state index in [0.29, 0.717) is 24.0 Å². The molecule has 28 heavy (non-hydrogen) atoms. The van der Waals surface area contributed by atoms with Crippen molar-refractivity contribution in [3.05, 3.63) is 29.8 Å². The average molecular weight is 389 g/mol. The molecule has 1 aliphatic carbocycles. The zero-order valence-corrected chi connectivity index (χ0v) is 17.2. The van der Waals surface area contributed by atoms with Gasteiger partial charge in [-0.1, -0.05) is 25.8 Å². The molecule has 154 valence electrons. The molecule has 0 saturated heterocycles. The second kappa shape index (κ2) is 10.7. The normalized spacial score (nSPS) is 20.4. The van der Waals surface area contributed by atoms with E-state index in [1.165, 1.54) is 12.5 Å². The molecular weight excluding hydrogens is 358 g/mol. The monoisotopic (exact) mass is 389 g/mol. The Balaban J connectivity index is 1.89. The summed E-state index contributed by atoms with van der Waals surface area (Å²) >= 11 is 0. The summed E-state index contributed by atoms with van der Waals surface area (Å²) in [5.41, 5.74) is 0.769. The number of amides is 1. The van der Waals surface area contributed by atoms with Crippen LogP contribution in [0.2, 0.25) is 0 Å². The van der Waals surface area contributed by atoms with Crippen LogP contribution in [0.5, 0.6) is 11.5 Å². The summed E-state index contributed by atoms with van der Waals surface area (Å²) < 4.78 is 16.0. The molecule has 0 aliphatic heterocycles. The highest BCUT2D eigenvalue weighted by atomic mass is 16.5. The topological polar surface area (TPSA) is 73.9 Å². The highest BCUT2D eigenvalue weighted by Crippen LogP contribution is 2.28. The van der Waals surface area contributed by atoms with Crippen LogP contribution in [-0.4, -0.2) is 37.7 Å². The Morgan fingerprint density at radius 3 is 2.68 bits per heavy atom. The first kappa shape index (κ1) is 21.8. The SMILES string of the molecule is CCOc1ccc(/C=C/C(=O)O[C@H](C)C(=O)N[C@H]2CCCC[C@@H]2C)cc1OC. The van der Waals surface area contributed by atoms with Gasteiger partial charge >= 0.3 is 5.97 Å². The van der Waals surface area contributed by atoms with Gasteiger partial charge in [0, 0.05) is 12.1 Å². The van der Waals surface area contributed by atoms with Gasteiger partial charge in [0.25, 0.3) is 5.91 Å². The molecule has 1 amide bonds. The lowest BCUT2D eigenvalue weighted by molar-refractivity contribution is -0.150. The minimum Gasteiger partial charge on any atom is -0.493 e. The summed E-state index contributed by atoms with van der Waals surface area (Å²) in [6.45, 7) is 6.18. The standard InChI is InChI=1S/C22H31NO5/c1-5-27-19-12-10-17(14-20(19)26-4)11-13-21(24)28-16(3)22(25)23-18-9-7-6-8-15(18)2/h10-16,18H,5-9H2,1-4H3,(H,23,25)/b13-11+/t15-,16+,18-/m0/s1. The van der Waals surface area contributed by atoms with Gasteiger partial charge in [0.1, 0.15) is 0 Å². The minimum atomic E-state index is -0.832. The molecule has 3 atom stereocenters. The van der Waals surface area contributed by atoms with Gasteiger partial charge < -0.3 is 19.5 Å². The summed E-state index contributed by atoms with van der Waals surface area (Å²) in [6, 6.07) is 5.54. The predicted molar refractivity (Wildman–Crippen MR) is 108 cm³/mol. The third kappa shape index (κ3) is 6.29. The van der Waals surface area contributed by atoms with Crippen molar-refractivity contribution < 1.29 is 23.8 Å². The van der Waals surface area contributed by atoms with Gasteiger partial charge in [-0.25, -0.2) is 4.79 Å². The van der Waals surface area contributed by atoms with Crippen LogP contribution in [0.4, 0.5) is 0 Å². The largest absolute Gasteiger partial charge is 0.493 e. The van der Waals surface area contributed by atoms with E-state index in [9.17, 15) is 9.59 Å². The summed E-state index contributed by atoms with van der Waals surface area (Å²) in [4.78, 5) is 24.4. The number of esters is 1. The van der Waals surface area contributed by atoms with E-state index in [1.807, 2.05) is 13.0 Å². The van der Waals surface area contributed by atoms with Crippen LogP contribution in [0.1, 0.15) is 52.0 Å². The number of hydrogen-bond acceptors (Lipinski definition) is 5. The molecule has 1 saturated carbocycles. The lowest BCUT2D eigenvalue weighted by Gasteiger charge is -2.30. The fourth-order valence-corrected chi connectivity index (χ4v) is 3.32. The zero-order valence-electron chi connectivity index (χ0n) is 17.2. The van der Waals surface area contributed by atoms with Crippen molar-refractivity contribution in [2.75, 3.05) is 13.7 Å². The summed E-state index contributed by atoms with van der Waals surface area (Å²) in [5, 5.41) is 3.01. The van der Waals surface area contributed by atoms with Gasteiger partial charge in [-0.15, -0.1) is 0 Å². The quantitative estimate of drug-likeness (QED) is 0.542. The first-order valence-electron chi connectivity index (χ1n) is 9.94. The van der Waals surface area contributed by atoms with E-state index in [4.69, 9.17) is 14.2 Å². The molecule has 0 radical (unpaired) electrons. The fraction of sp³-hybridized carbons (Fsp3) is 0.545. The number of carbonyl (C=O) groups is 2. The zero-order chi connectivity index (χ0) is 20.5. The number of methoxy groups -OCH3 is 1. The lowest BCUT2D eigenvalue weighted by Crippen LogP contribution is -2.45. The second-order valence-electron chi connectivity index (χ2n) is 7.13. The van der Waals surface area contributed by atoms with Gasteiger partial charge in [0.2, 0.25) is 0 Å². The van der Waals surface area contributed by atoms with Gasteiger partial charge in [-0.3, -0.25) is 4.79 Å². The van der Waals surface area contributed by atoms with Gasteiger partial charge in [-0.05, 0) is 56.4 Å². The number of hydrogen-bond donors (Lipinski definition) is 1. The summed E-state index contributed by atoms with van der Waals surface area (Å²) in [5.74, 6) is 0.879. The van der Waals surface area contributed by atoms with Crippen molar-refractivity contribution in [1.29, 1.82) is 0 Å². The first-order chi connectivity index (χ1) is 13.4. The molecule has 1 aliphatic rings. The second-order valence-corrected chi connectivity index (χ2v) is 7.13. The van der Waals surface area contributed by atoms with E-state index in [2.05, 4.69) is 12.2 Å². The van der Waals surface area contributed by atoms with Gasteiger partial charge in [0.05, 0.1) is 13.7 Å². The Morgan fingerprint density at radius 1 is 1.25 bits per heavy atom. The van der Waals surface area contributed by atoms with Crippen molar-refractivity contribution >= 4 is 18.0 Å². The smallest absolute Gasteiger partial charge is 0.331 e. The molecule has 0 spiro atoms. The van der Waals surface area contributed by atoms with Crippen LogP contribution in [0.15, 0.2) is 24.3 Å². The van der Waals surface area contributed by atoms with Crippen molar-refractivity contribution in [3.63, 3.8) is 0 Å². The van der Waals surface area contributed by atoms with Crippen LogP contribution in [0, 0.1) is 5.92 Å². The third-order valence-corrected chi connectivity index (χ3v) is 5.00. The van der Waals surface area contributed by atoms with E-state index < -0.39 is 12.1 Å². The average Bonchev–Trinajstić information content (AvgIpc) is 2.69. The van der Waals surface area contributed by atoms with E-state index in [-0.39, 0.29) is 11.9 Å². The molecule has 0 aromatic heterocycles. The predicted octanol–water partition coefficient (Wildman–Crippen LogP) is 3.73. The highest BCUT2D eigenvalue weighted by Gasteiger charge is 2.25. The Kier molecular flexibility index (Phi) is 8.36. The Morgan fingerprint density at radius 2 is 2.00 bits per heavy atom. The van der Waals surface area contributed by atoms with Crippen molar-refractivity contribution in [3.8, 4) is 11.5 Å². The van der Waals surface area contributed by atoms with Crippen LogP contribution < -0.4 is 14.8 Å². The molecule has 1 aromatic rings. The molecule has 1 aromatic carbocycles. The van der Waals surface area contributed by atoms with E-state index in [0.717, 1.165) is 24.8 Å². The number of carbonyl (C=O) groups excluding carboxylic acids is 2. The fourth-order valence-electron chi connectivity index (χ4n) is 3.32. The minimum absolute atomic E-state index is 0.161. The van der Waals surface area contributed by atoms with E-state index >= 15 is 0 Å². The molecule has 0 bridgehead atoms. The third-order valence-electron chi connectivity index (χ3n) is 5.00. The van der Waals surface area contributed by atoms with Gasteiger partial charge in [-0.2, -0.15) is 0 Å². The van der Waals surface area contributed by atoms with E-state index in [1.54, 1.807) is 32.2 Å². The number of ether oxygens (including phenoxy) is 3. The highest BCUT2D eigenvalue weighted by molar-refractivity contribution is 5.90. The summed E-state index contributed by atoms with van der Waals surface area (Å²) in [7, 11) is 1.56.